The van der Waals surface area contributed by atoms with Crippen molar-refractivity contribution in [3.05, 3.63) is 47.3 Å². The van der Waals surface area contributed by atoms with Crippen LogP contribution in [0.15, 0.2) is 35.3 Å². The van der Waals surface area contributed by atoms with Crippen LogP contribution in [-0.2, 0) is 17.8 Å². The smallest absolute Gasteiger partial charge is 0.195 e. The summed E-state index contributed by atoms with van der Waals surface area (Å²) in [7, 11) is 4.86. The van der Waals surface area contributed by atoms with Crippen LogP contribution >= 0.6 is 0 Å². The molecule has 0 saturated heterocycles. The van der Waals surface area contributed by atoms with E-state index in [-0.39, 0.29) is 12.6 Å². The molecule has 0 spiro atoms. The van der Waals surface area contributed by atoms with Crippen molar-refractivity contribution in [2.75, 3.05) is 39.9 Å². The first-order valence-corrected chi connectivity index (χ1v) is 8.86. The second-order valence-corrected chi connectivity index (χ2v) is 6.11. The van der Waals surface area contributed by atoms with Crippen LogP contribution in [0, 0.1) is 5.82 Å². The molecule has 0 atom stereocenters. The number of aliphatic imine (C=N–C) groups is 1. The van der Waals surface area contributed by atoms with E-state index in [1.54, 1.807) is 21.3 Å². The van der Waals surface area contributed by atoms with Gasteiger partial charge < -0.3 is 29.6 Å². The quantitative estimate of drug-likeness (QED) is 0.585. The number of halogens is 1. The third kappa shape index (κ3) is 4.64. The van der Waals surface area contributed by atoms with Crippen LogP contribution in [0.5, 0.6) is 17.2 Å². The molecule has 0 aliphatic carbocycles. The van der Waals surface area contributed by atoms with Gasteiger partial charge in [-0.1, -0.05) is 0 Å². The maximum atomic E-state index is 13.8. The van der Waals surface area contributed by atoms with Crippen molar-refractivity contribution in [3.63, 3.8) is 0 Å². The highest BCUT2D eigenvalue weighted by molar-refractivity contribution is 5.93. The molecule has 7 nitrogen and oxygen atoms in total. The Balaban J connectivity index is 1.62. The number of anilines is 1. The minimum absolute atomic E-state index is 0.182. The molecule has 1 aliphatic heterocycles. The van der Waals surface area contributed by atoms with Crippen LogP contribution < -0.4 is 24.8 Å². The molecule has 2 aromatic carbocycles. The Morgan fingerprint density at radius 3 is 2.75 bits per heavy atom. The molecule has 1 aliphatic rings. The second-order valence-electron chi connectivity index (χ2n) is 6.11. The van der Waals surface area contributed by atoms with E-state index in [9.17, 15) is 4.39 Å². The van der Waals surface area contributed by atoms with Gasteiger partial charge in [-0.3, -0.25) is 4.99 Å². The lowest BCUT2D eigenvalue weighted by Crippen LogP contribution is -2.32. The summed E-state index contributed by atoms with van der Waals surface area (Å²) < 4.78 is 35.2. The lowest BCUT2D eigenvalue weighted by Gasteiger charge is -2.21. The fraction of sp³-hybridized carbons (Fsp3) is 0.350. The van der Waals surface area contributed by atoms with Gasteiger partial charge in [0.2, 0.25) is 0 Å². The van der Waals surface area contributed by atoms with Crippen molar-refractivity contribution in [1.82, 2.24) is 5.32 Å². The number of hydrogen-bond acceptors (Lipinski definition) is 5. The zero-order valence-electron chi connectivity index (χ0n) is 16.2. The van der Waals surface area contributed by atoms with Crippen LogP contribution in [0.2, 0.25) is 0 Å². The van der Waals surface area contributed by atoms with Gasteiger partial charge in [-0.05, 0) is 36.2 Å². The van der Waals surface area contributed by atoms with Gasteiger partial charge in [-0.2, -0.15) is 0 Å². The second kappa shape index (κ2) is 9.27. The first kappa shape index (κ1) is 19.8. The predicted octanol–water partition coefficient (Wildman–Crippen LogP) is 2.94. The van der Waals surface area contributed by atoms with Gasteiger partial charge in [0.05, 0.1) is 20.8 Å². The average molecular weight is 389 g/mol. The Morgan fingerprint density at radius 2 is 2.00 bits per heavy atom. The third-order valence-corrected chi connectivity index (χ3v) is 4.31. The van der Waals surface area contributed by atoms with Crippen LogP contribution in [-0.4, -0.2) is 40.6 Å². The molecule has 0 bridgehead atoms. The van der Waals surface area contributed by atoms with Crippen LogP contribution in [0.25, 0.3) is 0 Å². The highest BCUT2D eigenvalue weighted by atomic mass is 19.1. The highest BCUT2D eigenvalue weighted by Crippen LogP contribution is 2.30. The van der Waals surface area contributed by atoms with Crippen LogP contribution in [0.1, 0.15) is 11.1 Å². The summed E-state index contributed by atoms with van der Waals surface area (Å²) in [4.78, 5) is 4.21. The lowest BCUT2D eigenvalue weighted by atomic mass is 10.1. The zero-order valence-corrected chi connectivity index (χ0v) is 16.2. The van der Waals surface area contributed by atoms with Gasteiger partial charge in [-0.15, -0.1) is 0 Å². The molecule has 3 rings (SSSR count). The number of benzene rings is 2. The molecule has 0 saturated carbocycles. The number of hydrogen-bond donors (Lipinski definition) is 2. The van der Waals surface area contributed by atoms with E-state index in [1.165, 1.54) is 12.1 Å². The predicted molar refractivity (Wildman–Crippen MR) is 105 cm³/mol. The summed E-state index contributed by atoms with van der Waals surface area (Å²) in [5.74, 6) is 2.26. The Hall–Kier alpha value is -3.00. The van der Waals surface area contributed by atoms with Crippen LogP contribution in [0.3, 0.4) is 0 Å². The van der Waals surface area contributed by atoms with Gasteiger partial charge in [0, 0.05) is 30.9 Å². The molecular formula is C20H24FN3O4. The van der Waals surface area contributed by atoms with Crippen molar-refractivity contribution in [2.24, 2.45) is 4.99 Å². The third-order valence-electron chi connectivity index (χ3n) is 4.31. The van der Waals surface area contributed by atoms with E-state index in [1.807, 2.05) is 18.2 Å². The van der Waals surface area contributed by atoms with E-state index >= 15 is 0 Å². The molecule has 0 amide bonds. The molecular weight excluding hydrogens is 365 g/mol. The number of fused-ring (bicyclic) bond motifs is 1. The average Bonchev–Trinajstić information content (AvgIpc) is 2.72. The fourth-order valence-electron chi connectivity index (χ4n) is 2.99. The summed E-state index contributed by atoms with van der Waals surface area (Å²) in [6.45, 7) is 1.09. The first-order chi connectivity index (χ1) is 13.6. The SMILES string of the molecule is CN=C(NCCc1cc(F)cc2c1OCOC2)Nc1ccc(OC)c(OC)c1. The normalized spacial score (nSPS) is 13.4. The van der Waals surface area contributed by atoms with Gasteiger partial charge in [-0.25, -0.2) is 4.39 Å². The minimum atomic E-state index is -0.296. The standard InChI is InChI=1S/C20H24FN3O4/c1-22-20(24-16-4-5-17(25-2)18(10-16)26-3)23-7-6-13-8-15(21)9-14-11-27-12-28-19(13)14/h4-5,8-10H,6-7,11-12H2,1-3H3,(H2,22,23,24). The summed E-state index contributed by atoms with van der Waals surface area (Å²) >= 11 is 0. The van der Waals surface area contributed by atoms with Crippen molar-refractivity contribution in [3.8, 4) is 17.2 Å². The zero-order chi connectivity index (χ0) is 19.9. The lowest BCUT2D eigenvalue weighted by molar-refractivity contribution is -0.0172. The molecule has 2 aromatic rings. The number of nitrogens with zero attached hydrogens (tertiary/aromatic N) is 1. The largest absolute Gasteiger partial charge is 0.493 e. The first-order valence-electron chi connectivity index (χ1n) is 8.86. The molecule has 0 fully saturated rings. The van der Waals surface area contributed by atoms with E-state index in [4.69, 9.17) is 18.9 Å². The maximum absolute atomic E-state index is 13.8. The van der Waals surface area contributed by atoms with Crippen molar-refractivity contribution < 1.29 is 23.3 Å². The van der Waals surface area contributed by atoms with E-state index in [0.29, 0.717) is 42.8 Å². The topological polar surface area (TPSA) is 73.3 Å². The van der Waals surface area contributed by atoms with Crippen molar-refractivity contribution in [1.29, 1.82) is 0 Å². The molecule has 28 heavy (non-hydrogen) atoms. The van der Waals surface area contributed by atoms with Gasteiger partial charge >= 0.3 is 0 Å². The molecule has 0 aromatic heterocycles. The summed E-state index contributed by atoms with van der Waals surface area (Å²) in [6.07, 6.45) is 0.576. The van der Waals surface area contributed by atoms with Crippen LogP contribution in [0.4, 0.5) is 10.1 Å². The van der Waals surface area contributed by atoms with Gasteiger partial charge in [0.15, 0.2) is 24.3 Å². The van der Waals surface area contributed by atoms with Crippen molar-refractivity contribution in [2.45, 2.75) is 13.0 Å². The Morgan fingerprint density at radius 1 is 1.18 bits per heavy atom. The molecule has 2 N–H and O–H groups in total. The molecule has 0 radical (unpaired) electrons. The number of guanidine groups is 1. The van der Waals surface area contributed by atoms with Gasteiger partial charge in [0.25, 0.3) is 0 Å². The van der Waals surface area contributed by atoms with E-state index < -0.39 is 0 Å². The Bertz CT molecular complexity index is 858. The van der Waals surface area contributed by atoms with Crippen molar-refractivity contribution >= 4 is 11.6 Å². The molecule has 8 heteroatoms. The van der Waals surface area contributed by atoms with Gasteiger partial charge in [0.1, 0.15) is 11.6 Å². The maximum Gasteiger partial charge on any atom is 0.195 e. The van der Waals surface area contributed by atoms with E-state index in [0.717, 1.165) is 16.8 Å². The fourth-order valence-corrected chi connectivity index (χ4v) is 2.99. The molecule has 0 unspecified atom stereocenters. The monoisotopic (exact) mass is 389 g/mol. The summed E-state index contributed by atoms with van der Waals surface area (Å²) in [6, 6.07) is 8.44. The number of rotatable bonds is 6. The highest BCUT2D eigenvalue weighted by Gasteiger charge is 2.17. The Kier molecular flexibility index (Phi) is 6.54. The summed E-state index contributed by atoms with van der Waals surface area (Å²) in [5, 5.41) is 6.41. The number of nitrogens with one attached hydrogen (secondary N) is 2. The van der Waals surface area contributed by atoms with E-state index in [2.05, 4.69) is 15.6 Å². The summed E-state index contributed by atoms with van der Waals surface area (Å²) in [5.41, 5.74) is 2.33. The number of methoxy groups -OCH3 is 2. The Labute approximate surface area is 163 Å². The minimum Gasteiger partial charge on any atom is -0.493 e. The number of ether oxygens (including phenoxy) is 4. The molecule has 1 heterocycles. The molecule has 150 valence electrons.